The highest BCUT2D eigenvalue weighted by atomic mass is 16.2. The van der Waals surface area contributed by atoms with E-state index in [0.717, 1.165) is 0 Å². The summed E-state index contributed by atoms with van der Waals surface area (Å²) < 4.78 is 0. The number of allylic oxidation sites excluding steroid dienone is 1. The Hall–Kier alpha value is -2.01. The summed E-state index contributed by atoms with van der Waals surface area (Å²) in [5.74, 6) is -0.163. The molecule has 2 N–H and O–H groups in total. The molecule has 0 radical (unpaired) electrons. The second kappa shape index (κ2) is 3.59. The molecule has 5 nitrogen and oxygen atoms in total. The van der Waals surface area contributed by atoms with Crippen LogP contribution in [0.1, 0.15) is 13.3 Å². The van der Waals surface area contributed by atoms with E-state index in [1.54, 1.807) is 13.1 Å². The van der Waals surface area contributed by atoms with Gasteiger partial charge in [-0.3, -0.25) is 10.1 Å². The zero-order valence-corrected chi connectivity index (χ0v) is 7.09. The lowest BCUT2D eigenvalue weighted by Crippen LogP contribution is -2.38. The predicted molar refractivity (Wildman–Crippen MR) is 43.3 cm³/mol. The molecule has 0 saturated heterocycles. The Kier molecular flexibility index (Phi) is 2.51. The Morgan fingerprint density at radius 1 is 1.62 bits per heavy atom. The van der Waals surface area contributed by atoms with Gasteiger partial charge in [-0.15, -0.1) is 0 Å². The van der Waals surface area contributed by atoms with Crippen LogP contribution in [0.3, 0.4) is 0 Å². The summed E-state index contributed by atoms with van der Waals surface area (Å²) in [5, 5.41) is 21.7. The quantitative estimate of drug-likeness (QED) is 0.433. The van der Waals surface area contributed by atoms with Crippen LogP contribution in [-0.2, 0) is 4.79 Å². The van der Waals surface area contributed by atoms with Crippen LogP contribution in [0.2, 0.25) is 0 Å². The zero-order valence-electron chi connectivity index (χ0n) is 7.09. The third-order valence-electron chi connectivity index (χ3n) is 1.82. The molecule has 0 bridgehead atoms. The lowest BCUT2D eigenvalue weighted by molar-refractivity contribution is -0.124. The molecule has 5 heteroatoms. The van der Waals surface area contributed by atoms with Crippen LogP contribution in [0.25, 0.3) is 0 Å². The Bertz CT molecular complexity index is 344. The van der Waals surface area contributed by atoms with Gasteiger partial charge in [-0.2, -0.15) is 10.5 Å². The molecule has 1 unspecified atom stereocenters. The van der Waals surface area contributed by atoms with Crippen molar-refractivity contribution in [2.45, 2.75) is 13.3 Å². The highest BCUT2D eigenvalue weighted by molar-refractivity contribution is 5.82. The van der Waals surface area contributed by atoms with Crippen molar-refractivity contribution >= 4 is 5.91 Å². The number of hydrogen-bond donors (Lipinski definition) is 2. The minimum Gasteiger partial charge on any atom is -0.311 e. The van der Waals surface area contributed by atoms with E-state index >= 15 is 0 Å². The maximum absolute atomic E-state index is 11.1. The van der Waals surface area contributed by atoms with E-state index in [1.807, 2.05) is 6.07 Å². The summed E-state index contributed by atoms with van der Waals surface area (Å²) in [4.78, 5) is 11.1. The SMILES string of the molecule is CC1CC(C#N)=C(NC#N)NC1=O. The number of hydrogen-bond acceptors (Lipinski definition) is 4. The third-order valence-corrected chi connectivity index (χ3v) is 1.82. The molecule has 1 amide bonds. The van der Waals surface area contributed by atoms with Gasteiger partial charge in [-0.25, -0.2) is 0 Å². The van der Waals surface area contributed by atoms with Crippen molar-refractivity contribution in [3.8, 4) is 12.3 Å². The Morgan fingerprint density at radius 3 is 2.85 bits per heavy atom. The van der Waals surface area contributed by atoms with Gasteiger partial charge >= 0.3 is 0 Å². The predicted octanol–water partition coefficient (Wildman–Crippen LogP) is -0.0517. The molecule has 0 aromatic carbocycles. The van der Waals surface area contributed by atoms with Crippen LogP contribution in [0.5, 0.6) is 0 Å². The van der Waals surface area contributed by atoms with Crippen LogP contribution in [0.15, 0.2) is 11.4 Å². The molecule has 13 heavy (non-hydrogen) atoms. The van der Waals surface area contributed by atoms with Gasteiger partial charge in [0.1, 0.15) is 5.82 Å². The fourth-order valence-corrected chi connectivity index (χ4v) is 1.09. The van der Waals surface area contributed by atoms with Crippen LogP contribution < -0.4 is 10.6 Å². The van der Waals surface area contributed by atoms with Gasteiger partial charge in [0.15, 0.2) is 6.19 Å². The highest BCUT2D eigenvalue weighted by Gasteiger charge is 2.24. The molecule has 0 aromatic heterocycles. The molecule has 1 aliphatic rings. The molecule has 0 aromatic rings. The van der Waals surface area contributed by atoms with Crippen molar-refractivity contribution in [3.05, 3.63) is 11.4 Å². The second-order valence-electron chi connectivity index (χ2n) is 2.80. The monoisotopic (exact) mass is 176 g/mol. The van der Waals surface area contributed by atoms with Gasteiger partial charge in [0, 0.05) is 5.92 Å². The normalized spacial score (nSPS) is 21.5. The van der Waals surface area contributed by atoms with Gasteiger partial charge in [-0.1, -0.05) is 6.92 Å². The minimum atomic E-state index is -0.209. The Labute approximate surface area is 75.6 Å². The van der Waals surface area contributed by atoms with Gasteiger partial charge in [-0.05, 0) is 6.42 Å². The number of nitrogens with one attached hydrogen (secondary N) is 2. The van der Waals surface area contributed by atoms with Gasteiger partial charge < -0.3 is 5.32 Å². The number of carbonyl (C=O) groups excluding carboxylic acids is 1. The minimum absolute atomic E-state index is 0.170. The van der Waals surface area contributed by atoms with E-state index in [9.17, 15) is 4.79 Å². The summed E-state index contributed by atoms with van der Waals surface area (Å²) in [7, 11) is 0. The first-order valence-electron chi connectivity index (χ1n) is 3.78. The van der Waals surface area contributed by atoms with Gasteiger partial charge in [0.25, 0.3) is 0 Å². The van der Waals surface area contributed by atoms with E-state index < -0.39 is 0 Å². The van der Waals surface area contributed by atoms with Crippen molar-refractivity contribution in [1.82, 2.24) is 10.6 Å². The van der Waals surface area contributed by atoms with Gasteiger partial charge in [0.2, 0.25) is 5.91 Å². The highest BCUT2D eigenvalue weighted by Crippen LogP contribution is 2.17. The summed E-state index contributed by atoms with van der Waals surface area (Å²) >= 11 is 0. The summed E-state index contributed by atoms with van der Waals surface area (Å²) in [6.45, 7) is 1.73. The molecule has 0 saturated carbocycles. The first-order chi connectivity index (χ1) is 6.19. The maximum atomic E-state index is 11.1. The Balaban J connectivity index is 2.94. The van der Waals surface area contributed by atoms with Crippen LogP contribution in [-0.4, -0.2) is 5.91 Å². The summed E-state index contributed by atoms with van der Waals surface area (Å²) in [6.07, 6.45) is 2.04. The molecule has 66 valence electrons. The second-order valence-corrected chi connectivity index (χ2v) is 2.80. The first-order valence-corrected chi connectivity index (χ1v) is 3.78. The summed E-state index contributed by atoms with van der Waals surface area (Å²) in [5.41, 5.74) is 0.411. The number of rotatable bonds is 1. The largest absolute Gasteiger partial charge is 0.311 e. The molecule has 1 rings (SSSR count). The maximum Gasteiger partial charge on any atom is 0.228 e. The molecular formula is C8H8N4O. The Morgan fingerprint density at radius 2 is 2.31 bits per heavy atom. The fraction of sp³-hybridized carbons (Fsp3) is 0.375. The smallest absolute Gasteiger partial charge is 0.228 e. The number of carbonyl (C=O) groups is 1. The fourth-order valence-electron chi connectivity index (χ4n) is 1.09. The number of amides is 1. The van der Waals surface area contributed by atoms with E-state index in [2.05, 4.69) is 10.6 Å². The standard InChI is InChI=1S/C8H8N4O/c1-5-2-6(3-9)7(11-4-10)12-8(5)13/h5,11H,2H2,1H3,(H,12,13). The lowest BCUT2D eigenvalue weighted by Gasteiger charge is -2.20. The van der Waals surface area contributed by atoms with E-state index in [-0.39, 0.29) is 17.6 Å². The molecule has 0 aliphatic carbocycles. The third kappa shape index (κ3) is 1.77. The molecule has 0 fully saturated rings. The van der Waals surface area contributed by atoms with Crippen molar-refractivity contribution in [1.29, 1.82) is 10.5 Å². The molecular weight excluding hydrogens is 168 g/mol. The van der Waals surface area contributed by atoms with E-state index in [0.29, 0.717) is 12.0 Å². The molecule has 1 heterocycles. The first kappa shape index (κ1) is 9.08. The number of nitrogens with zero attached hydrogens (tertiary/aromatic N) is 2. The average Bonchev–Trinajstić information content (AvgIpc) is 2.11. The van der Waals surface area contributed by atoms with Crippen molar-refractivity contribution in [2.24, 2.45) is 5.92 Å². The van der Waals surface area contributed by atoms with Crippen LogP contribution in [0.4, 0.5) is 0 Å². The molecule has 1 aliphatic heterocycles. The van der Waals surface area contributed by atoms with Crippen LogP contribution >= 0.6 is 0 Å². The van der Waals surface area contributed by atoms with E-state index in [1.165, 1.54) is 0 Å². The summed E-state index contributed by atoms with van der Waals surface area (Å²) in [6, 6.07) is 1.94. The molecule has 0 spiro atoms. The van der Waals surface area contributed by atoms with Crippen LogP contribution in [0, 0.1) is 28.7 Å². The van der Waals surface area contributed by atoms with Crippen molar-refractivity contribution < 1.29 is 4.79 Å². The number of nitriles is 2. The lowest BCUT2D eigenvalue weighted by atomic mass is 9.98. The van der Waals surface area contributed by atoms with Crippen molar-refractivity contribution in [3.63, 3.8) is 0 Å². The van der Waals surface area contributed by atoms with Gasteiger partial charge in [0.05, 0.1) is 11.6 Å². The average molecular weight is 176 g/mol. The molecule has 1 atom stereocenters. The zero-order chi connectivity index (χ0) is 9.84. The topological polar surface area (TPSA) is 88.7 Å². The van der Waals surface area contributed by atoms with Crippen molar-refractivity contribution in [2.75, 3.05) is 0 Å². The van der Waals surface area contributed by atoms with E-state index in [4.69, 9.17) is 10.5 Å².